The van der Waals surface area contributed by atoms with E-state index in [-0.39, 0.29) is 23.8 Å². The third-order valence-electron chi connectivity index (χ3n) is 4.03. The Morgan fingerprint density at radius 1 is 1.04 bits per heavy atom. The Labute approximate surface area is 157 Å². The highest BCUT2D eigenvalue weighted by molar-refractivity contribution is 5.96. The molecule has 0 aliphatic carbocycles. The van der Waals surface area contributed by atoms with Crippen LogP contribution in [0.15, 0.2) is 36.4 Å². The molecule has 0 heterocycles. The van der Waals surface area contributed by atoms with E-state index >= 15 is 0 Å². The molecule has 0 saturated carbocycles. The molecule has 0 aliphatic rings. The molecule has 0 aliphatic heterocycles. The SMILES string of the molecule is Cc1ccc(C(=O)OCC(=O)NCC(=O)Nc2cccc(C)c2C)c(O)c1. The Bertz CT molecular complexity index is 877. The van der Waals surface area contributed by atoms with Gasteiger partial charge in [-0.05, 0) is 55.7 Å². The second-order valence-corrected chi connectivity index (χ2v) is 6.17. The van der Waals surface area contributed by atoms with E-state index in [9.17, 15) is 19.5 Å². The predicted octanol–water partition coefficient (Wildman–Crippen LogP) is 2.23. The van der Waals surface area contributed by atoms with Crippen molar-refractivity contribution in [3.8, 4) is 5.75 Å². The number of anilines is 1. The highest BCUT2D eigenvalue weighted by Gasteiger charge is 2.15. The first-order valence-corrected chi connectivity index (χ1v) is 8.37. The summed E-state index contributed by atoms with van der Waals surface area (Å²) in [5.41, 5.74) is 3.43. The summed E-state index contributed by atoms with van der Waals surface area (Å²) in [6, 6.07) is 10.0. The summed E-state index contributed by atoms with van der Waals surface area (Å²) < 4.78 is 4.85. The highest BCUT2D eigenvalue weighted by Crippen LogP contribution is 2.19. The van der Waals surface area contributed by atoms with Gasteiger partial charge in [0, 0.05) is 5.69 Å². The monoisotopic (exact) mass is 370 g/mol. The maximum atomic E-state index is 11.9. The van der Waals surface area contributed by atoms with Crippen LogP contribution in [0.5, 0.6) is 5.75 Å². The molecule has 0 radical (unpaired) electrons. The van der Waals surface area contributed by atoms with Gasteiger partial charge in [-0.25, -0.2) is 4.79 Å². The molecule has 142 valence electrons. The van der Waals surface area contributed by atoms with E-state index in [0.29, 0.717) is 5.69 Å². The Kier molecular flexibility index (Phi) is 6.54. The average Bonchev–Trinajstić information content (AvgIpc) is 2.62. The zero-order valence-corrected chi connectivity index (χ0v) is 15.5. The lowest BCUT2D eigenvalue weighted by Gasteiger charge is -2.11. The van der Waals surface area contributed by atoms with E-state index in [1.807, 2.05) is 26.0 Å². The number of amides is 2. The molecule has 0 atom stereocenters. The molecular formula is C20H22N2O5. The van der Waals surface area contributed by atoms with Crippen LogP contribution in [0.4, 0.5) is 5.69 Å². The Hall–Kier alpha value is -3.35. The Morgan fingerprint density at radius 2 is 1.78 bits per heavy atom. The second kappa shape index (κ2) is 8.84. The topological polar surface area (TPSA) is 105 Å². The third kappa shape index (κ3) is 5.57. The second-order valence-electron chi connectivity index (χ2n) is 6.17. The van der Waals surface area contributed by atoms with Crippen molar-refractivity contribution < 1.29 is 24.2 Å². The number of carbonyl (C=O) groups is 3. The van der Waals surface area contributed by atoms with Crippen molar-refractivity contribution in [1.29, 1.82) is 0 Å². The predicted molar refractivity (Wildman–Crippen MR) is 101 cm³/mol. The molecule has 0 unspecified atom stereocenters. The van der Waals surface area contributed by atoms with Crippen molar-refractivity contribution in [3.63, 3.8) is 0 Å². The number of carbonyl (C=O) groups excluding carboxylic acids is 3. The van der Waals surface area contributed by atoms with Crippen LogP contribution in [-0.2, 0) is 14.3 Å². The number of aromatic hydroxyl groups is 1. The normalized spacial score (nSPS) is 10.2. The number of hydrogen-bond acceptors (Lipinski definition) is 5. The van der Waals surface area contributed by atoms with E-state index in [1.54, 1.807) is 19.1 Å². The van der Waals surface area contributed by atoms with Crippen molar-refractivity contribution >= 4 is 23.5 Å². The minimum atomic E-state index is -0.817. The molecular weight excluding hydrogens is 348 g/mol. The number of esters is 1. The minimum absolute atomic E-state index is 0.0268. The fraction of sp³-hybridized carbons (Fsp3) is 0.250. The first kappa shape index (κ1) is 20.0. The summed E-state index contributed by atoms with van der Waals surface area (Å²) in [5, 5.41) is 14.8. The molecule has 3 N–H and O–H groups in total. The summed E-state index contributed by atoms with van der Waals surface area (Å²) in [4.78, 5) is 35.6. The zero-order valence-electron chi connectivity index (χ0n) is 15.5. The largest absolute Gasteiger partial charge is 0.507 e. The highest BCUT2D eigenvalue weighted by atomic mass is 16.5. The van der Waals surface area contributed by atoms with Gasteiger partial charge in [-0.2, -0.15) is 0 Å². The molecule has 2 rings (SSSR count). The molecule has 2 aromatic rings. The molecule has 0 aromatic heterocycles. The summed E-state index contributed by atoms with van der Waals surface area (Å²) in [7, 11) is 0. The van der Waals surface area contributed by atoms with Gasteiger partial charge in [0.15, 0.2) is 6.61 Å². The maximum Gasteiger partial charge on any atom is 0.342 e. The smallest absolute Gasteiger partial charge is 0.342 e. The standard InChI is InChI=1S/C20H22N2O5/c1-12-7-8-15(17(23)9-12)20(26)27-11-19(25)21-10-18(24)22-16-6-4-5-13(2)14(16)3/h4-9,23H,10-11H2,1-3H3,(H,21,25)(H,22,24). The first-order valence-electron chi connectivity index (χ1n) is 8.37. The van der Waals surface area contributed by atoms with Crippen molar-refractivity contribution in [2.24, 2.45) is 0 Å². The lowest BCUT2D eigenvalue weighted by molar-refractivity contribution is -0.126. The molecule has 0 bridgehead atoms. The van der Waals surface area contributed by atoms with Crippen molar-refractivity contribution in [3.05, 3.63) is 58.7 Å². The number of rotatable bonds is 6. The van der Waals surface area contributed by atoms with E-state index < -0.39 is 18.5 Å². The third-order valence-corrected chi connectivity index (χ3v) is 4.03. The van der Waals surface area contributed by atoms with Crippen LogP contribution in [-0.4, -0.2) is 36.0 Å². The van der Waals surface area contributed by atoms with Crippen LogP contribution in [0.1, 0.15) is 27.0 Å². The quantitative estimate of drug-likeness (QED) is 0.677. The fourth-order valence-corrected chi connectivity index (χ4v) is 2.33. The number of benzene rings is 2. The van der Waals surface area contributed by atoms with Gasteiger partial charge in [-0.1, -0.05) is 18.2 Å². The van der Waals surface area contributed by atoms with Gasteiger partial charge < -0.3 is 20.5 Å². The first-order chi connectivity index (χ1) is 12.8. The van der Waals surface area contributed by atoms with E-state index in [1.165, 1.54) is 12.1 Å². The molecule has 7 heteroatoms. The number of aryl methyl sites for hydroxylation is 2. The molecule has 2 aromatic carbocycles. The van der Waals surface area contributed by atoms with Crippen LogP contribution < -0.4 is 10.6 Å². The Balaban J connectivity index is 1.79. The van der Waals surface area contributed by atoms with Gasteiger partial charge in [0.05, 0.1) is 6.54 Å². The van der Waals surface area contributed by atoms with Gasteiger partial charge in [0.1, 0.15) is 11.3 Å². The lowest BCUT2D eigenvalue weighted by atomic mass is 10.1. The molecule has 7 nitrogen and oxygen atoms in total. The van der Waals surface area contributed by atoms with E-state index in [2.05, 4.69) is 10.6 Å². The number of phenols is 1. The van der Waals surface area contributed by atoms with Crippen LogP contribution in [0.2, 0.25) is 0 Å². The van der Waals surface area contributed by atoms with Gasteiger partial charge in [-0.15, -0.1) is 0 Å². The van der Waals surface area contributed by atoms with Gasteiger partial charge in [-0.3, -0.25) is 9.59 Å². The fourth-order valence-electron chi connectivity index (χ4n) is 2.33. The Morgan fingerprint density at radius 3 is 2.48 bits per heavy atom. The number of nitrogens with one attached hydrogen (secondary N) is 2. The molecule has 0 saturated heterocycles. The summed E-state index contributed by atoms with van der Waals surface area (Å²) in [6.45, 7) is 4.80. The average molecular weight is 370 g/mol. The van der Waals surface area contributed by atoms with Crippen molar-refractivity contribution in [2.45, 2.75) is 20.8 Å². The minimum Gasteiger partial charge on any atom is -0.507 e. The molecule has 0 spiro atoms. The van der Waals surface area contributed by atoms with Gasteiger partial charge in [0.2, 0.25) is 5.91 Å². The summed E-state index contributed by atoms with van der Waals surface area (Å²) in [5.74, 6) is -2.04. The van der Waals surface area contributed by atoms with Crippen molar-refractivity contribution in [1.82, 2.24) is 5.32 Å². The number of hydrogen-bond donors (Lipinski definition) is 3. The van der Waals surface area contributed by atoms with Gasteiger partial charge in [0.25, 0.3) is 5.91 Å². The number of ether oxygens (including phenoxy) is 1. The molecule has 2 amide bonds. The molecule has 0 fully saturated rings. The van der Waals surface area contributed by atoms with Crippen LogP contribution in [0.3, 0.4) is 0 Å². The number of phenolic OH excluding ortho intramolecular Hbond substituents is 1. The zero-order chi connectivity index (χ0) is 20.0. The van der Waals surface area contributed by atoms with E-state index in [4.69, 9.17) is 4.74 Å². The van der Waals surface area contributed by atoms with Crippen LogP contribution in [0, 0.1) is 20.8 Å². The summed E-state index contributed by atoms with van der Waals surface area (Å²) >= 11 is 0. The van der Waals surface area contributed by atoms with E-state index in [0.717, 1.165) is 16.7 Å². The maximum absolute atomic E-state index is 11.9. The van der Waals surface area contributed by atoms with Crippen molar-refractivity contribution in [2.75, 3.05) is 18.5 Å². The summed E-state index contributed by atoms with van der Waals surface area (Å²) in [6.07, 6.45) is 0. The molecule has 27 heavy (non-hydrogen) atoms. The van der Waals surface area contributed by atoms with Gasteiger partial charge >= 0.3 is 5.97 Å². The van der Waals surface area contributed by atoms with Crippen LogP contribution in [0.25, 0.3) is 0 Å². The lowest BCUT2D eigenvalue weighted by Crippen LogP contribution is -2.35. The van der Waals surface area contributed by atoms with Crippen LogP contribution >= 0.6 is 0 Å².